The van der Waals surface area contributed by atoms with Crippen molar-refractivity contribution in [2.45, 2.75) is 6.61 Å². The fraction of sp³-hybridized carbons (Fsp3) is 0.100. The van der Waals surface area contributed by atoms with Crippen molar-refractivity contribution in [3.05, 3.63) is 34.1 Å². The zero-order valence-corrected chi connectivity index (χ0v) is 9.75. The van der Waals surface area contributed by atoms with E-state index in [1.165, 1.54) is 6.07 Å². The highest BCUT2D eigenvalue weighted by Crippen LogP contribution is 2.33. The SMILES string of the molecule is O=C(O)/C=C/c1ccc(F)c(OC(F)F)c1Br. The normalized spacial score (nSPS) is 11.1. The lowest BCUT2D eigenvalue weighted by Crippen LogP contribution is -2.05. The number of aliphatic carboxylic acids is 1. The number of hydrogen-bond acceptors (Lipinski definition) is 2. The van der Waals surface area contributed by atoms with Crippen LogP contribution in [0, 0.1) is 5.82 Å². The van der Waals surface area contributed by atoms with Crippen LogP contribution in [0.4, 0.5) is 13.2 Å². The summed E-state index contributed by atoms with van der Waals surface area (Å²) < 4.78 is 41.1. The first kappa shape index (κ1) is 13.6. The highest BCUT2D eigenvalue weighted by molar-refractivity contribution is 9.10. The third kappa shape index (κ3) is 3.77. The summed E-state index contributed by atoms with van der Waals surface area (Å²) in [6.45, 7) is -3.17. The van der Waals surface area contributed by atoms with E-state index < -0.39 is 24.1 Å². The average molecular weight is 311 g/mol. The molecule has 0 atom stereocenters. The zero-order valence-electron chi connectivity index (χ0n) is 8.16. The molecule has 0 spiro atoms. The Balaban J connectivity index is 3.14. The van der Waals surface area contributed by atoms with Crippen molar-refractivity contribution in [2.24, 2.45) is 0 Å². The molecule has 1 aromatic rings. The van der Waals surface area contributed by atoms with E-state index in [9.17, 15) is 18.0 Å². The maximum Gasteiger partial charge on any atom is 0.387 e. The summed E-state index contributed by atoms with van der Waals surface area (Å²) in [4.78, 5) is 10.3. The molecule has 0 aliphatic rings. The van der Waals surface area contributed by atoms with Crippen molar-refractivity contribution >= 4 is 28.0 Å². The number of halogens is 4. The molecular weight excluding hydrogens is 305 g/mol. The summed E-state index contributed by atoms with van der Waals surface area (Å²) in [5, 5.41) is 8.41. The molecule has 0 heterocycles. The predicted octanol–water partition coefficient (Wildman–Crippen LogP) is 3.29. The maximum absolute atomic E-state index is 13.2. The van der Waals surface area contributed by atoms with E-state index in [4.69, 9.17) is 5.11 Å². The highest BCUT2D eigenvalue weighted by Gasteiger charge is 2.15. The molecule has 7 heteroatoms. The van der Waals surface area contributed by atoms with Gasteiger partial charge in [-0.15, -0.1) is 0 Å². The maximum atomic E-state index is 13.2. The van der Waals surface area contributed by atoms with Gasteiger partial charge in [-0.05, 0) is 33.6 Å². The van der Waals surface area contributed by atoms with Crippen LogP contribution in [0.5, 0.6) is 5.75 Å². The molecule has 0 saturated heterocycles. The minimum Gasteiger partial charge on any atom is -0.478 e. The molecule has 0 amide bonds. The lowest BCUT2D eigenvalue weighted by atomic mass is 10.2. The molecule has 1 N–H and O–H groups in total. The van der Waals surface area contributed by atoms with Crippen LogP contribution in [-0.4, -0.2) is 17.7 Å². The Morgan fingerprint density at radius 3 is 2.65 bits per heavy atom. The third-order valence-corrected chi connectivity index (χ3v) is 2.51. The third-order valence-electron chi connectivity index (χ3n) is 1.69. The standard InChI is InChI=1S/C10H6BrF3O3/c11-8-5(2-4-7(15)16)1-3-6(12)9(8)17-10(13)14/h1-4,10H,(H,15,16)/b4-2+. The van der Waals surface area contributed by atoms with Crippen molar-refractivity contribution in [2.75, 3.05) is 0 Å². The van der Waals surface area contributed by atoms with E-state index >= 15 is 0 Å². The lowest BCUT2D eigenvalue weighted by molar-refractivity contribution is -0.131. The summed E-state index contributed by atoms with van der Waals surface area (Å²) >= 11 is 2.87. The van der Waals surface area contributed by atoms with E-state index in [-0.39, 0.29) is 10.0 Å². The summed E-state index contributed by atoms with van der Waals surface area (Å²) in [7, 11) is 0. The van der Waals surface area contributed by atoms with Crippen molar-refractivity contribution in [3.8, 4) is 5.75 Å². The topological polar surface area (TPSA) is 46.5 Å². The van der Waals surface area contributed by atoms with Gasteiger partial charge < -0.3 is 9.84 Å². The molecule has 92 valence electrons. The van der Waals surface area contributed by atoms with Gasteiger partial charge in [0.1, 0.15) is 0 Å². The Hall–Kier alpha value is -1.50. The first-order valence-electron chi connectivity index (χ1n) is 4.25. The smallest absolute Gasteiger partial charge is 0.387 e. The Labute approximate surface area is 103 Å². The van der Waals surface area contributed by atoms with Crippen LogP contribution < -0.4 is 4.74 Å². The van der Waals surface area contributed by atoms with Gasteiger partial charge in [-0.25, -0.2) is 9.18 Å². The largest absolute Gasteiger partial charge is 0.478 e. The molecular formula is C10H6BrF3O3. The quantitative estimate of drug-likeness (QED) is 0.868. The summed E-state index contributed by atoms with van der Waals surface area (Å²) in [5.74, 6) is -2.84. The number of carbonyl (C=O) groups is 1. The molecule has 0 fully saturated rings. The van der Waals surface area contributed by atoms with E-state index in [0.717, 1.165) is 18.2 Å². The monoisotopic (exact) mass is 310 g/mol. The molecule has 17 heavy (non-hydrogen) atoms. The van der Waals surface area contributed by atoms with E-state index in [2.05, 4.69) is 20.7 Å². The number of carboxylic acid groups (broad SMARTS) is 1. The second-order valence-corrected chi connectivity index (χ2v) is 3.62. The Bertz CT molecular complexity index is 460. The van der Waals surface area contributed by atoms with Gasteiger partial charge in [-0.2, -0.15) is 8.78 Å². The number of carboxylic acids is 1. The molecule has 1 aromatic carbocycles. The van der Waals surface area contributed by atoms with Gasteiger partial charge in [0.15, 0.2) is 11.6 Å². The number of rotatable bonds is 4. The van der Waals surface area contributed by atoms with Crippen LogP contribution in [0.1, 0.15) is 5.56 Å². The molecule has 0 aliphatic carbocycles. The van der Waals surface area contributed by atoms with Crippen LogP contribution in [0.3, 0.4) is 0 Å². The Kier molecular flexibility index (Phi) is 4.56. The first-order valence-corrected chi connectivity index (χ1v) is 5.05. The van der Waals surface area contributed by atoms with Gasteiger partial charge in [0.2, 0.25) is 0 Å². The van der Waals surface area contributed by atoms with Gasteiger partial charge in [0, 0.05) is 6.08 Å². The van der Waals surface area contributed by atoms with Gasteiger partial charge in [-0.3, -0.25) is 0 Å². The first-order chi connectivity index (χ1) is 7.91. The minimum absolute atomic E-state index is 0.0738. The zero-order chi connectivity index (χ0) is 13.0. The molecule has 0 unspecified atom stereocenters. The summed E-state index contributed by atoms with van der Waals surface area (Å²) in [5.41, 5.74) is 0.212. The molecule has 0 bridgehead atoms. The summed E-state index contributed by atoms with van der Waals surface area (Å²) in [6, 6.07) is 2.14. The van der Waals surface area contributed by atoms with Crippen LogP contribution in [-0.2, 0) is 4.79 Å². The van der Waals surface area contributed by atoms with E-state index in [1.54, 1.807) is 0 Å². The molecule has 0 radical (unpaired) electrons. The number of alkyl halides is 2. The molecule has 3 nitrogen and oxygen atoms in total. The molecule has 0 aromatic heterocycles. The van der Waals surface area contributed by atoms with Gasteiger partial charge >= 0.3 is 12.6 Å². The van der Waals surface area contributed by atoms with Gasteiger partial charge in [0.25, 0.3) is 0 Å². The highest BCUT2D eigenvalue weighted by atomic mass is 79.9. The fourth-order valence-corrected chi connectivity index (χ4v) is 1.58. The second kappa shape index (κ2) is 5.72. The average Bonchev–Trinajstić information content (AvgIpc) is 2.22. The molecule has 0 aliphatic heterocycles. The van der Waals surface area contributed by atoms with Crippen molar-refractivity contribution in [1.29, 1.82) is 0 Å². The second-order valence-electron chi connectivity index (χ2n) is 2.83. The van der Waals surface area contributed by atoms with Crippen molar-refractivity contribution in [3.63, 3.8) is 0 Å². The number of ether oxygens (including phenoxy) is 1. The minimum atomic E-state index is -3.17. The lowest BCUT2D eigenvalue weighted by Gasteiger charge is -2.09. The molecule has 0 saturated carbocycles. The van der Waals surface area contributed by atoms with Crippen LogP contribution in [0.15, 0.2) is 22.7 Å². The van der Waals surface area contributed by atoms with Crippen molar-refractivity contribution in [1.82, 2.24) is 0 Å². The fourth-order valence-electron chi connectivity index (χ4n) is 1.03. The van der Waals surface area contributed by atoms with Gasteiger partial charge in [0.05, 0.1) is 4.47 Å². The summed E-state index contributed by atoms with van der Waals surface area (Å²) in [6.07, 6.45) is 1.92. The van der Waals surface area contributed by atoms with E-state index in [1.807, 2.05) is 0 Å². The van der Waals surface area contributed by atoms with Crippen LogP contribution >= 0.6 is 15.9 Å². The van der Waals surface area contributed by atoms with Gasteiger partial charge in [-0.1, -0.05) is 6.07 Å². The van der Waals surface area contributed by atoms with Crippen LogP contribution in [0.2, 0.25) is 0 Å². The predicted molar refractivity (Wildman–Crippen MR) is 57.4 cm³/mol. The number of benzene rings is 1. The number of hydrogen-bond donors (Lipinski definition) is 1. The Morgan fingerprint density at radius 1 is 1.47 bits per heavy atom. The molecule has 1 rings (SSSR count). The Morgan fingerprint density at radius 2 is 2.12 bits per heavy atom. The van der Waals surface area contributed by atoms with Crippen LogP contribution in [0.25, 0.3) is 6.08 Å². The van der Waals surface area contributed by atoms with E-state index in [0.29, 0.717) is 0 Å². The van der Waals surface area contributed by atoms with Crippen molar-refractivity contribution < 1.29 is 27.8 Å².